The molecule has 0 fully saturated rings. The lowest BCUT2D eigenvalue weighted by Crippen LogP contribution is -2.32. The molecule has 0 aliphatic rings. The first-order valence-electron chi connectivity index (χ1n) is 10.7. The molecule has 0 aliphatic carbocycles. The fraction of sp³-hybridized carbons (Fsp3) is 0.667. The zero-order valence-corrected chi connectivity index (χ0v) is 18.1. The van der Waals surface area contributed by atoms with E-state index < -0.39 is 17.3 Å². The highest BCUT2D eigenvalue weighted by atomic mass is 16.5. The zero-order valence-electron chi connectivity index (χ0n) is 18.1. The highest BCUT2D eigenvalue weighted by molar-refractivity contribution is 5.72. The predicted octanol–water partition coefficient (Wildman–Crippen LogP) is 5.99. The highest BCUT2D eigenvalue weighted by Gasteiger charge is 2.34. The third-order valence-corrected chi connectivity index (χ3v) is 5.55. The van der Waals surface area contributed by atoms with Crippen molar-refractivity contribution in [3.8, 4) is 0 Å². The van der Waals surface area contributed by atoms with Crippen LogP contribution in [0.15, 0.2) is 30.3 Å². The van der Waals surface area contributed by atoms with Gasteiger partial charge in [-0.05, 0) is 30.2 Å². The van der Waals surface area contributed by atoms with Crippen LogP contribution in [-0.4, -0.2) is 23.7 Å². The number of aliphatic carboxylic acids is 1. The number of carbonyl (C=O) groups excluding carboxylic acids is 1. The van der Waals surface area contributed by atoms with Crippen molar-refractivity contribution in [3.63, 3.8) is 0 Å². The van der Waals surface area contributed by atoms with Crippen molar-refractivity contribution in [1.29, 1.82) is 0 Å². The van der Waals surface area contributed by atoms with Gasteiger partial charge in [-0.3, -0.25) is 9.59 Å². The summed E-state index contributed by atoms with van der Waals surface area (Å²) in [6, 6.07) is 9.90. The monoisotopic (exact) mass is 390 g/mol. The molecule has 0 bridgehead atoms. The summed E-state index contributed by atoms with van der Waals surface area (Å²) in [5.74, 6) is -1.73. The molecule has 0 heterocycles. The van der Waals surface area contributed by atoms with Crippen LogP contribution in [0.1, 0.15) is 84.6 Å². The normalized spacial score (nSPS) is 15.4. The summed E-state index contributed by atoms with van der Waals surface area (Å²) < 4.78 is 5.49. The number of carboxylic acids is 1. The Hall–Kier alpha value is -1.84. The summed E-state index contributed by atoms with van der Waals surface area (Å²) in [6.45, 7) is 8.34. The standard InChI is InChI=1S/C24H38O4/c1-5-6-7-8-9-13-16-28-23(27)20(3)18-24(4,17-19(2)22(25)26)21-14-11-10-12-15-21/h10-12,14-15,19-20H,5-9,13,16-18H2,1-4H3,(H,25,26). The molecule has 3 atom stereocenters. The van der Waals surface area contributed by atoms with Gasteiger partial charge in [0.25, 0.3) is 0 Å². The van der Waals surface area contributed by atoms with Crippen molar-refractivity contribution in [3.05, 3.63) is 35.9 Å². The van der Waals surface area contributed by atoms with E-state index in [4.69, 9.17) is 4.74 Å². The van der Waals surface area contributed by atoms with E-state index in [2.05, 4.69) is 13.8 Å². The topological polar surface area (TPSA) is 63.6 Å². The molecule has 0 radical (unpaired) electrons. The summed E-state index contributed by atoms with van der Waals surface area (Å²) in [7, 11) is 0. The van der Waals surface area contributed by atoms with Gasteiger partial charge in [-0.15, -0.1) is 0 Å². The van der Waals surface area contributed by atoms with Crippen molar-refractivity contribution < 1.29 is 19.4 Å². The average Bonchev–Trinajstić information content (AvgIpc) is 2.67. The molecule has 0 aromatic heterocycles. The van der Waals surface area contributed by atoms with Crippen LogP contribution in [0.2, 0.25) is 0 Å². The Bertz CT molecular complexity index is 584. The third kappa shape index (κ3) is 8.45. The van der Waals surface area contributed by atoms with Crippen molar-refractivity contribution in [1.82, 2.24) is 0 Å². The number of carbonyl (C=O) groups is 2. The maximum atomic E-state index is 12.5. The van der Waals surface area contributed by atoms with Crippen LogP contribution >= 0.6 is 0 Å². The lowest BCUT2D eigenvalue weighted by atomic mass is 9.70. The number of benzene rings is 1. The van der Waals surface area contributed by atoms with Gasteiger partial charge in [-0.1, -0.05) is 90.1 Å². The third-order valence-electron chi connectivity index (χ3n) is 5.55. The van der Waals surface area contributed by atoms with E-state index in [0.717, 1.165) is 18.4 Å². The van der Waals surface area contributed by atoms with E-state index in [1.165, 1.54) is 25.7 Å². The van der Waals surface area contributed by atoms with Gasteiger partial charge in [0.1, 0.15) is 0 Å². The predicted molar refractivity (Wildman–Crippen MR) is 113 cm³/mol. The van der Waals surface area contributed by atoms with Crippen LogP contribution in [-0.2, 0) is 19.7 Å². The van der Waals surface area contributed by atoms with Crippen LogP contribution in [0.3, 0.4) is 0 Å². The quantitative estimate of drug-likeness (QED) is 0.313. The Kier molecular flexibility index (Phi) is 10.9. The summed E-state index contributed by atoms with van der Waals surface area (Å²) >= 11 is 0. The second kappa shape index (κ2) is 12.6. The van der Waals surface area contributed by atoms with E-state index in [-0.39, 0.29) is 11.9 Å². The molecule has 1 aromatic rings. The smallest absolute Gasteiger partial charge is 0.308 e. The molecule has 4 heteroatoms. The van der Waals surface area contributed by atoms with E-state index in [9.17, 15) is 14.7 Å². The van der Waals surface area contributed by atoms with Crippen LogP contribution < -0.4 is 0 Å². The molecule has 1 rings (SSSR count). The summed E-state index contributed by atoms with van der Waals surface area (Å²) in [4.78, 5) is 23.9. The second-order valence-electron chi connectivity index (χ2n) is 8.41. The fourth-order valence-electron chi connectivity index (χ4n) is 3.88. The summed E-state index contributed by atoms with van der Waals surface area (Å²) in [6.07, 6.45) is 8.01. The Morgan fingerprint density at radius 3 is 2.14 bits per heavy atom. The lowest BCUT2D eigenvalue weighted by molar-refractivity contribution is -0.148. The molecule has 3 unspecified atom stereocenters. The van der Waals surface area contributed by atoms with Gasteiger partial charge in [-0.2, -0.15) is 0 Å². The SMILES string of the molecule is CCCCCCCCOC(=O)C(C)CC(C)(CC(C)C(=O)O)c1ccccc1. The van der Waals surface area contributed by atoms with Crippen LogP contribution in [0.25, 0.3) is 0 Å². The minimum absolute atomic E-state index is 0.182. The minimum Gasteiger partial charge on any atom is -0.481 e. The highest BCUT2D eigenvalue weighted by Crippen LogP contribution is 2.37. The van der Waals surface area contributed by atoms with Gasteiger partial charge < -0.3 is 9.84 Å². The number of unbranched alkanes of at least 4 members (excludes halogenated alkanes) is 5. The van der Waals surface area contributed by atoms with E-state index >= 15 is 0 Å². The molecule has 158 valence electrons. The number of ether oxygens (including phenoxy) is 1. The van der Waals surface area contributed by atoms with E-state index in [1.54, 1.807) is 6.92 Å². The molecule has 4 nitrogen and oxygen atoms in total. The number of rotatable bonds is 14. The molecule has 0 saturated carbocycles. The maximum absolute atomic E-state index is 12.5. The van der Waals surface area contributed by atoms with Crippen LogP contribution in [0, 0.1) is 11.8 Å². The van der Waals surface area contributed by atoms with Gasteiger partial charge in [0.2, 0.25) is 0 Å². The van der Waals surface area contributed by atoms with Gasteiger partial charge in [-0.25, -0.2) is 0 Å². The molecule has 28 heavy (non-hydrogen) atoms. The molecule has 1 N–H and O–H groups in total. The van der Waals surface area contributed by atoms with Crippen LogP contribution in [0.4, 0.5) is 0 Å². The first kappa shape index (κ1) is 24.2. The van der Waals surface area contributed by atoms with Gasteiger partial charge >= 0.3 is 11.9 Å². The van der Waals surface area contributed by atoms with Crippen molar-refractivity contribution in [2.45, 2.75) is 84.5 Å². The Morgan fingerprint density at radius 2 is 1.54 bits per heavy atom. The molecular formula is C24H38O4. The molecule has 0 aliphatic heterocycles. The van der Waals surface area contributed by atoms with E-state index in [1.807, 2.05) is 37.3 Å². The molecular weight excluding hydrogens is 352 g/mol. The number of hydrogen-bond acceptors (Lipinski definition) is 3. The Balaban J connectivity index is 2.62. The summed E-state index contributed by atoms with van der Waals surface area (Å²) in [5.41, 5.74) is 0.677. The Labute approximate surface area is 170 Å². The molecule has 0 saturated heterocycles. The molecule has 0 amide bonds. The van der Waals surface area contributed by atoms with E-state index in [0.29, 0.717) is 19.4 Å². The largest absolute Gasteiger partial charge is 0.481 e. The van der Waals surface area contributed by atoms with Gasteiger partial charge in [0, 0.05) is 0 Å². The van der Waals surface area contributed by atoms with Crippen molar-refractivity contribution >= 4 is 11.9 Å². The van der Waals surface area contributed by atoms with Crippen molar-refractivity contribution in [2.24, 2.45) is 11.8 Å². The van der Waals surface area contributed by atoms with Crippen molar-refractivity contribution in [2.75, 3.05) is 6.61 Å². The first-order valence-corrected chi connectivity index (χ1v) is 10.7. The number of hydrogen-bond donors (Lipinski definition) is 1. The molecule has 0 spiro atoms. The maximum Gasteiger partial charge on any atom is 0.308 e. The lowest BCUT2D eigenvalue weighted by Gasteiger charge is -2.34. The fourth-order valence-corrected chi connectivity index (χ4v) is 3.88. The Morgan fingerprint density at radius 1 is 0.964 bits per heavy atom. The number of esters is 1. The van der Waals surface area contributed by atoms with Gasteiger partial charge in [0.15, 0.2) is 0 Å². The van der Waals surface area contributed by atoms with Crippen LogP contribution in [0.5, 0.6) is 0 Å². The first-order chi connectivity index (χ1) is 13.3. The average molecular weight is 391 g/mol. The minimum atomic E-state index is -0.805. The zero-order chi connectivity index (χ0) is 21.0. The van der Waals surface area contributed by atoms with Gasteiger partial charge in [0.05, 0.1) is 18.4 Å². The summed E-state index contributed by atoms with van der Waals surface area (Å²) in [5, 5.41) is 9.36. The molecule has 1 aromatic carbocycles. The second-order valence-corrected chi connectivity index (χ2v) is 8.41. The number of carboxylic acid groups (broad SMARTS) is 1.